The van der Waals surface area contributed by atoms with E-state index in [1.807, 2.05) is 0 Å². The quantitative estimate of drug-likeness (QED) is 0.438. The van der Waals surface area contributed by atoms with Crippen LogP contribution in [0.25, 0.3) is 0 Å². The summed E-state index contributed by atoms with van der Waals surface area (Å²) >= 11 is 0. The second-order valence-corrected chi connectivity index (χ2v) is 6.14. The fraction of sp³-hybridized carbons (Fsp3) is 0.0625. The highest BCUT2D eigenvalue weighted by Crippen LogP contribution is 2.48. The second-order valence-electron chi connectivity index (χ2n) is 4.23. The van der Waals surface area contributed by atoms with E-state index in [2.05, 4.69) is 11.3 Å². The fourth-order valence-corrected chi connectivity index (χ4v) is 3.10. The van der Waals surface area contributed by atoms with Crippen molar-refractivity contribution in [3.05, 3.63) is 73.5 Å². The van der Waals surface area contributed by atoms with Gasteiger partial charge in [0.1, 0.15) is 11.5 Å². The summed E-state index contributed by atoms with van der Waals surface area (Å²) in [6.45, 7) is 3.28. The molecule has 0 aromatic heterocycles. The molecule has 114 valence electrons. The molecule has 0 spiro atoms. The van der Waals surface area contributed by atoms with Crippen molar-refractivity contribution in [3.8, 4) is 11.5 Å². The van der Waals surface area contributed by atoms with Gasteiger partial charge in [0.05, 0.1) is 6.26 Å². The number of benzene rings is 2. The lowest BCUT2D eigenvalue weighted by atomic mass is 10.3. The van der Waals surface area contributed by atoms with Crippen molar-refractivity contribution < 1.29 is 23.1 Å². The largest absolute Gasteiger partial charge is 0.441 e. The van der Waals surface area contributed by atoms with E-state index in [-0.39, 0.29) is 0 Å². The molecule has 0 atom stereocenters. The van der Waals surface area contributed by atoms with Gasteiger partial charge in [0.15, 0.2) is 6.16 Å². The molecule has 0 aliphatic rings. The molecule has 2 aromatic carbocycles. The van der Waals surface area contributed by atoms with Gasteiger partial charge >= 0.3 is 13.6 Å². The van der Waals surface area contributed by atoms with Crippen LogP contribution >= 0.6 is 7.60 Å². The number of carbonyl (C=O) groups is 1. The van der Waals surface area contributed by atoms with Crippen LogP contribution in [0.2, 0.25) is 0 Å². The van der Waals surface area contributed by atoms with Crippen LogP contribution < -0.4 is 9.05 Å². The molecule has 2 rings (SSSR count). The molecule has 5 nitrogen and oxygen atoms in total. The van der Waals surface area contributed by atoms with Crippen LogP contribution in [-0.4, -0.2) is 12.1 Å². The number of hydrogen-bond donors (Lipinski definition) is 0. The lowest BCUT2D eigenvalue weighted by molar-refractivity contribution is -0.135. The molecule has 0 fully saturated rings. The van der Waals surface area contributed by atoms with Crippen molar-refractivity contribution in [2.45, 2.75) is 0 Å². The summed E-state index contributed by atoms with van der Waals surface area (Å²) in [6, 6.07) is 17.0. The van der Waals surface area contributed by atoms with E-state index in [9.17, 15) is 9.36 Å². The molecule has 0 saturated carbocycles. The topological polar surface area (TPSA) is 61.8 Å². The van der Waals surface area contributed by atoms with Crippen molar-refractivity contribution in [1.82, 2.24) is 0 Å². The first kappa shape index (κ1) is 15.9. The van der Waals surface area contributed by atoms with E-state index in [0.717, 1.165) is 6.26 Å². The van der Waals surface area contributed by atoms with Gasteiger partial charge in [0.25, 0.3) is 0 Å². The van der Waals surface area contributed by atoms with Crippen LogP contribution in [-0.2, 0) is 14.1 Å². The highest BCUT2D eigenvalue weighted by atomic mass is 31.2. The first-order valence-electron chi connectivity index (χ1n) is 6.50. The maximum absolute atomic E-state index is 12.9. The molecule has 0 N–H and O–H groups in total. The Morgan fingerprint density at radius 3 is 1.82 bits per heavy atom. The number of hydrogen-bond acceptors (Lipinski definition) is 5. The van der Waals surface area contributed by atoms with E-state index in [1.165, 1.54) is 0 Å². The van der Waals surface area contributed by atoms with Crippen molar-refractivity contribution in [2.75, 3.05) is 6.16 Å². The zero-order chi connectivity index (χ0) is 15.8. The van der Waals surface area contributed by atoms with E-state index < -0.39 is 19.7 Å². The minimum Gasteiger partial charge on any atom is -0.435 e. The molecule has 0 saturated heterocycles. The van der Waals surface area contributed by atoms with Gasteiger partial charge in [-0.25, -0.2) is 4.57 Å². The molecule has 0 aliphatic carbocycles. The summed E-state index contributed by atoms with van der Waals surface area (Å²) in [4.78, 5) is 11.6. The Labute approximate surface area is 128 Å². The van der Waals surface area contributed by atoms with Crippen molar-refractivity contribution in [3.63, 3.8) is 0 Å². The predicted molar refractivity (Wildman–Crippen MR) is 82.9 cm³/mol. The number of esters is 1. The van der Waals surface area contributed by atoms with Crippen molar-refractivity contribution in [1.29, 1.82) is 0 Å². The standard InChI is InChI=1S/C16H15O5P/c1-2-19-16(17)13-22(18,20-14-9-5-3-6-10-14)21-15-11-7-4-8-12-15/h2-12H,1,13H2. The Hall–Kier alpha value is -2.52. The van der Waals surface area contributed by atoms with E-state index in [4.69, 9.17) is 9.05 Å². The van der Waals surface area contributed by atoms with Crippen LogP contribution in [0.5, 0.6) is 11.5 Å². The predicted octanol–water partition coefficient (Wildman–Crippen LogP) is 4.02. The molecule has 0 radical (unpaired) electrons. The van der Waals surface area contributed by atoms with Crippen LogP contribution in [0, 0.1) is 0 Å². The van der Waals surface area contributed by atoms with Gasteiger partial charge in [-0.2, -0.15) is 0 Å². The maximum Gasteiger partial charge on any atom is 0.441 e. The summed E-state index contributed by atoms with van der Waals surface area (Å²) < 4.78 is 28.3. The molecule has 2 aromatic rings. The molecule has 0 aliphatic heterocycles. The highest BCUT2D eigenvalue weighted by molar-refractivity contribution is 7.55. The molecular formula is C16H15O5P. The molecule has 0 amide bonds. The number of rotatable bonds is 7. The SMILES string of the molecule is C=COC(=O)CP(=O)(Oc1ccccc1)Oc1ccccc1. The van der Waals surface area contributed by atoms with Gasteiger partial charge in [-0.1, -0.05) is 43.0 Å². The van der Waals surface area contributed by atoms with E-state index >= 15 is 0 Å². The average molecular weight is 318 g/mol. The number of ether oxygens (including phenoxy) is 1. The Morgan fingerprint density at radius 1 is 0.955 bits per heavy atom. The van der Waals surface area contributed by atoms with Gasteiger partial charge in [0.2, 0.25) is 0 Å². The molecule has 0 bridgehead atoms. The van der Waals surface area contributed by atoms with Gasteiger partial charge in [-0.3, -0.25) is 4.79 Å². The van der Waals surface area contributed by atoms with E-state index in [1.54, 1.807) is 60.7 Å². The van der Waals surface area contributed by atoms with Gasteiger partial charge in [-0.15, -0.1) is 0 Å². The van der Waals surface area contributed by atoms with Crippen LogP contribution in [0.1, 0.15) is 0 Å². The van der Waals surface area contributed by atoms with Crippen LogP contribution in [0.15, 0.2) is 73.5 Å². The number of para-hydroxylation sites is 2. The first-order valence-corrected chi connectivity index (χ1v) is 8.23. The monoisotopic (exact) mass is 318 g/mol. The van der Waals surface area contributed by atoms with Crippen LogP contribution in [0.3, 0.4) is 0 Å². The Bertz CT molecular complexity index is 624. The number of carbonyl (C=O) groups excluding carboxylic acids is 1. The zero-order valence-electron chi connectivity index (χ0n) is 11.8. The van der Waals surface area contributed by atoms with Gasteiger partial charge in [0, 0.05) is 0 Å². The fourth-order valence-electron chi connectivity index (χ4n) is 1.66. The smallest absolute Gasteiger partial charge is 0.435 e. The molecule has 0 heterocycles. The van der Waals surface area contributed by atoms with E-state index in [0.29, 0.717) is 11.5 Å². The minimum atomic E-state index is -3.77. The van der Waals surface area contributed by atoms with Crippen LogP contribution in [0.4, 0.5) is 0 Å². The molecular weight excluding hydrogens is 303 g/mol. The Balaban J connectivity index is 2.21. The van der Waals surface area contributed by atoms with Crippen molar-refractivity contribution in [2.24, 2.45) is 0 Å². The minimum absolute atomic E-state index is 0.341. The van der Waals surface area contributed by atoms with Crippen molar-refractivity contribution >= 4 is 13.6 Å². The first-order chi connectivity index (χ1) is 10.6. The third-order valence-corrected chi connectivity index (χ3v) is 4.14. The highest BCUT2D eigenvalue weighted by Gasteiger charge is 2.32. The van der Waals surface area contributed by atoms with Gasteiger partial charge < -0.3 is 13.8 Å². The Morgan fingerprint density at radius 2 is 1.41 bits per heavy atom. The zero-order valence-corrected chi connectivity index (χ0v) is 12.6. The summed E-state index contributed by atoms with van der Waals surface area (Å²) in [5.41, 5.74) is 0. The third kappa shape index (κ3) is 4.79. The summed E-state index contributed by atoms with van der Waals surface area (Å²) in [7, 11) is -3.77. The maximum atomic E-state index is 12.9. The van der Waals surface area contributed by atoms with Gasteiger partial charge in [-0.05, 0) is 24.3 Å². The third-order valence-electron chi connectivity index (χ3n) is 2.51. The average Bonchev–Trinajstić information content (AvgIpc) is 2.49. The molecule has 0 unspecified atom stereocenters. The normalized spacial score (nSPS) is 10.5. The lowest BCUT2D eigenvalue weighted by Gasteiger charge is -2.19. The molecule has 22 heavy (non-hydrogen) atoms. The summed E-state index contributed by atoms with van der Waals surface area (Å²) in [5, 5.41) is 0. The second kappa shape index (κ2) is 7.48. The lowest BCUT2D eigenvalue weighted by Crippen LogP contribution is -2.14. The molecule has 6 heteroatoms. The summed E-state index contributed by atoms with van der Waals surface area (Å²) in [6.07, 6.45) is 0.445. The Kier molecular flexibility index (Phi) is 5.39. The summed E-state index contributed by atoms with van der Waals surface area (Å²) in [5.74, 6) is -0.0634.